The van der Waals surface area contributed by atoms with Crippen LogP contribution in [0, 0.1) is 12.3 Å². The van der Waals surface area contributed by atoms with Crippen LogP contribution < -0.4 is 10.6 Å². The zero-order valence-corrected chi connectivity index (χ0v) is 16.1. The topological polar surface area (TPSA) is 63.5 Å². The van der Waals surface area contributed by atoms with Gasteiger partial charge in [-0.25, -0.2) is 0 Å². The number of ether oxygens (including phenoxy) is 1. The molecule has 1 aromatic carbocycles. The molecule has 0 unspecified atom stereocenters. The number of piperidine rings is 1. The van der Waals surface area contributed by atoms with E-state index in [0.29, 0.717) is 29.5 Å². The van der Waals surface area contributed by atoms with Gasteiger partial charge in [-0.05, 0) is 38.9 Å². The molecule has 1 saturated heterocycles. The number of benzene rings is 1. The normalized spacial score (nSPS) is 16.4. The van der Waals surface area contributed by atoms with Crippen molar-refractivity contribution in [2.75, 3.05) is 33.4 Å². The number of methoxy groups -OCH3 is 1. The van der Waals surface area contributed by atoms with Crippen molar-refractivity contribution in [3.05, 3.63) is 34.5 Å². The quantitative estimate of drug-likeness (QED) is 0.824. The second-order valence-corrected chi connectivity index (χ2v) is 6.95. The predicted octanol–water partition coefficient (Wildman–Crippen LogP) is 3.56. The molecule has 1 amide bonds. The molecule has 7 heteroatoms. The molecular formula is C18H24Cl2N2O3. The number of fused-ring (bicyclic) bond motifs is 1. The van der Waals surface area contributed by atoms with Gasteiger partial charge >= 0.3 is 0 Å². The maximum atomic E-state index is 12.6. The summed E-state index contributed by atoms with van der Waals surface area (Å²) in [5.74, 6) is 0.133. The van der Waals surface area contributed by atoms with E-state index in [1.807, 2.05) is 19.1 Å². The zero-order chi connectivity index (χ0) is 17.2. The fraction of sp³-hybridized carbons (Fsp3) is 0.500. The second kappa shape index (κ2) is 8.41. The van der Waals surface area contributed by atoms with Crippen LogP contribution in [0.25, 0.3) is 11.0 Å². The first-order chi connectivity index (χ1) is 11.6. The lowest BCUT2D eigenvalue weighted by molar-refractivity contribution is 0.0506. The van der Waals surface area contributed by atoms with Gasteiger partial charge in [-0.3, -0.25) is 4.79 Å². The smallest absolute Gasteiger partial charge is 0.287 e. The average molecular weight is 387 g/mol. The molecule has 2 N–H and O–H groups in total. The van der Waals surface area contributed by atoms with E-state index in [9.17, 15) is 4.79 Å². The summed E-state index contributed by atoms with van der Waals surface area (Å²) in [4.78, 5) is 12.6. The van der Waals surface area contributed by atoms with Crippen LogP contribution in [-0.4, -0.2) is 39.3 Å². The lowest BCUT2D eigenvalue weighted by Gasteiger charge is -2.37. The molecule has 1 fully saturated rings. The van der Waals surface area contributed by atoms with Crippen LogP contribution in [0.4, 0.5) is 0 Å². The first-order valence-corrected chi connectivity index (χ1v) is 8.60. The van der Waals surface area contributed by atoms with Crippen molar-refractivity contribution in [1.82, 2.24) is 10.6 Å². The molecule has 0 spiro atoms. The number of carbonyl (C=O) groups excluding carboxylic acids is 1. The molecule has 138 valence electrons. The summed E-state index contributed by atoms with van der Waals surface area (Å²) in [6, 6.07) is 5.53. The van der Waals surface area contributed by atoms with Crippen molar-refractivity contribution in [2.45, 2.75) is 19.8 Å². The van der Waals surface area contributed by atoms with Crippen LogP contribution in [0.2, 0.25) is 5.02 Å². The standard InChI is InChI=1S/C18H23ClN2O3.ClH/c1-12-13-4-3-5-14(19)16(13)24-15(12)17(22)21-10-18(11-23-2)6-8-20-9-7-18;/h3-5,20H,6-11H2,1-2H3,(H,21,22);1H. The lowest BCUT2D eigenvalue weighted by Crippen LogP contribution is -2.47. The summed E-state index contributed by atoms with van der Waals surface area (Å²) in [5.41, 5.74) is 1.36. The summed E-state index contributed by atoms with van der Waals surface area (Å²) in [6.45, 7) is 4.98. The summed E-state index contributed by atoms with van der Waals surface area (Å²) in [5, 5.41) is 7.77. The molecule has 0 radical (unpaired) electrons. The van der Waals surface area contributed by atoms with E-state index >= 15 is 0 Å². The van der Waals surface area contributed by atoms with Gasteiger partial charge in [0.25, 0.3) is 5.91 Å². The summed E-state index contributed by atoms with van der Waals surface area (Å²) >= 11 is 6.16. The monoisotopic (exact) mass is 386 g/mol. The van der Waals surface area contributed by atoms with E-state index in [1.54, 1.807) is 13.2 Å². The summed E-state index contributed by atoms with van der Waals surface area (Å²) in [6.07, 6.45) is 1.96. The highest BCUT2D eigenvalue weighted by Crippen LogP contribution is 2.31. The Kier molecular flexibility index (Phi) is 6.74. The molecule has 0 bridgehead atoms. The van der Waals surface area contributed by atoms with Crippen LogP contribution in [0.1, 0.15) is 29.0 Å². The third kappa shape index (κ3) is 4.11. The van der Waals surface area contributed by atoms with Crippen LogP contribution >= 0.6 is 24.0 Å². The molecule has 5 nitrogen and oxygen atoms in total. The van der Waals surface area contributed by atoms with Gasteiger partial charge in [-0.2, -0.15) is 0 Å². The van der Waals surface area contributed by atoms with Crippen LogP contribution in [-0.2, 0) is 4.74 Å². The molecule has 0 aliphatic carbocycles. The highest BCUT2D eigenvalue weighted by atomic mass is 35.5. The minimum absolute atomic E-state index is 0. The number of rotatable bonds is 5. The number of halogens is 2. The van der Waals surface area contributed by atoms with Crippen molar-refractivity contribution < 1.29 is 13.9 Å². The molecule has 3 rings (SSSR count). The SMILES string of the molecule is COCC1(CNC(=O)c2oc3c(Cl)cccc3c2C)CCNCC1.Cl. The van der Waals surface area contributed by atoms with Gasteiger partial charge in [0.2, 0.25) is 0 Å². The third-order valence-corrected chi connectivity index (χ3v) is 5.16. The Bertz CT molecular complexity index is 734. The maximum absolute atomic E-state index is 12.6. The molecule has 2 aromatic rings. The zero-order valence-electron chi connectivity index (χ0n) is 14.5. The minimum Gasteiger partial charge on any atom is -0.449 e. The van der Waals surface area contributed by atoms with E-state index in [0.717, 1.165) is 36.9 Å². The van der Waals surface area contributed by atoms with Gasteiger partial charge in [0.15, 0.2) is 11.3 Å². The Labute approximate surface area is 158 Å². The average Bonchev–Trinajstić information content (AvgIpc) is 2.93. The van der Waals surface area contributed by atoms with Crippen molar-refractivity contribution >= 4 is 40.9 Å². The van der Waals surface area contributed by atoms with E-state index in [1.165, 1.54) is 0 Å². The van der Waals surface area contributed by atoms with E-state index in [4.69, 9.17) is 20.8 Å². The molecule has 1 aromatic heterocycles. The van der Waals surface area contributed by atoms with Crippen molar-refractivity contribution in [2.24, 2.45) is 5.41 Å². The number of para-hydroxylation sites is 1. The van der Waals surface area contributed by atoms with Gasteiger partial charge in [0.1, 0.15) is 0 Å². The Morgan fingerprint density at radius 3 is 2.76 bits per heavy atom. The van der Waals surface area contributed by atoms with Gasteiger partial charge < -0.3 is 19.8 Å². The second-order valence-electron chi connectivity index (χ2n) is 6.54. The van der Waals surface area contributed by atoms with E-state index in [2.05, 4.69) is 10.6 Å². The number of carbonyl (C=O) groups is 1. The summed E-state index contributed by atoms with van der Waals surface area (Å²) in [7, 11) is 1.71. The molecule has 0 atom stereocenters. The minimum atomic E-state index is -0.200. The Morgan fingerprint density at radius 2 is 2.12 bits per heavy atom. The first kappa shape index (κ1) is 20.0. The number of hydrogen-bond donors (Lipinski definition) is 2. The number of hydrogen-bond acceptors (Lipinski definition) is 4. The van der Waals surface area contributed by atoms with Gasteiger partial charge in [0.05, 0.1) is 11.6 Å². The molecule has 2 heterocycles. The fourth-order valence-electron chi connectivity index (χ4n) is 3.41. The van der Waals surface area contributed by atoms with Crippen LogP contribution in [0.5, 0.6) is 0 Å². The Balaban J connectivity index is 0.00000225. The summed E-state index contributed by atoms with van der Waals surface area (Å²) < 4.78 is 11.1. The maximum Gasteiger partial charge on any atom is 0.287 e. The largest absolute Gasteiger partial charge is 0.449 e. The van der Waals surface area contributed by atoms with Gasteiger partial charge in [0, 0.05) is 30.0 Å². The predicted molar refractivity (Wildman–Crippen MR) is 102 cm³/mol. The fourth-order valence-corrected chi connectivity index (χ4v) is 3.62. The van der Waals surface area contributed by atoms with Crippen LogP contribution in [0.15, 0.2) is 22.6 Å². The molecule has 0 saturated carbocycles. The first-order valence-electron chi connectivity index (χ1n) is 8.22. The lowest BCUT2D eigenvalue weighted by atomic mass is 9.79. The number of nitrogens with one attached hydrogen (secondary N) is 2. The third-order valence-electron chi connectivity index (χ3n) is 4.86. The van der Waals surface area contributed by atoms with Crippen molar-refractivity contribution in [3.63, 3.8) is 0 Å². The highest BCUT2D eigenvalue weighted by molar-refractivity contribution is 6.35. The molecular weight excluding hydrogens is 363 g/mol. The van der Waals surface area contributed by atoms with Crippen molar-refractivity contribution in [1.29, 1.82) is 0 Å². The van der Waals surface area contributed by atoms with E-state index in [-0.39, 0.29) is 23.7 Å². The Morgan fingerprint density at radius 1 is 1.40 bits per heavy atom. The van der Waals surface area contributed by atoms with Crippen molar-refractivity contribution in [3.8, 4) is 0 Å². The number of amides is 1. The molecule has 1 aliphatic rings. The van der Waals surface area contributed by atoms with Gasteiger partial charge in [-0.15, -0.1) is 12.4 Å². The molecule has 25 heavy (non-hydrogen) atoms. The van der Waals surface area contributed by atoms with Crippen LogP contribution in [0.3, 0.4) is 0 Å². The van der Waals surface area contributed by atoms with E-state index < -0.39 is 0 Å². The van der Waals surface area contributed by atoms with Gasteiger partial charge in [-0.1, -0.05) is 23.7 Å². The molecule has 1 aliphatic heterocycles. The number of furan rings is 1. The highest BCUT2D eigenvalue weighted by Gasteiger charge is 2.33. The Hall–Kier alpha value is -1.27. The number of aryl methyl sites for hydroxylation is 1.